The molecule has 0 radical (unpaired) electrons. The number of aromatic nitrogens is 2. The lowest BCUT2D eigenvalue weighted by molar-refractivity contribution is -0.137. The van der Waals surface area contributed by atoms with Gasteiger partial charge in [0.2, 0.25) is 0 Å². The number of hydrogen-bond donors (Lipinski definition) is 1. The molecule has 0 bridgehead atoms. The number of carbonyl (C=O) groups is 1. The quantitative estimate of drug-likeness (QED) is 0.327. The molecule has 3 aromatic rings. The van der Waals surface area contributed by atoms with Crippen molar-refractivity contribution in [1.29, 1.82) is 0 Å². The van der Waals surface area contributed by atoms with Gasteiger partial charge in [-0.2, -0.15) is 13.2 Å². The Hall–Kier alpha value is -3.07. The molecule has 0 aliphatic heterocycles. The van der Waals surface area contributed by atoms with Crippen LogP contribution in [-0.2, 0) is 23.2 Å². The molecule has 1 N–H and O–H groups in total. The highest BCUT2D eigenvalue weighted by atomic mass is 32.2. The van der Waals surface area contributed by atoms with Gasteiger partial charge < -0.3 is 10.1 Å². The van der Waals surface area contributed by atoms with Crippen molar-refractivity contribution < 1.29 is 22.7 Å². The van der Waals surface area contributed by atoms with Gasteiger partial charge in [0.1, 0.15) is 5.60 Å². The summed E-state index contributed by atoms with van der Waals surface area (Å²) in [6, 6.07) is 16.2. The maximum absolute atomic E-state index is 12.9. The molecule has 0 atom stereocenters. The summed E-state index contributed by atoms with van der Waals surface area (Å²) in [6.07, 6.45) is -5.00. The molecular formula is C24H24F3N3O2S. The summed E-state index contributed by atoms with van der Waals surface area (Å²) in [5.74, 6) is 0.621. The smallest absolute Gasteiger partial charge is 0.416 e. The SMILES string of the molecule is CC(C)(C)OC(=O)NCc1cc(-c2ccc(C(F)(F)F)cc2)nc(SCc2ccccc2)n1. The Morgan fingerprint density at radius 1 is 1.00 bits per heavy atom. The van der Waals surface area contributed by atoms with E-state index in [1.54, 1.807) is 26.8 Å². The topological polar surface area (TPSA) is 64.1 Å². The van der Waals surface area contributed by atoms with Gasteiger partial charge in [-0.3, -0.25) is 0 Å². The van der Waals surface area contributed by atoms with E-state index in [2.05, 4.69) is 15.3 Å². The lowest BCUT2D eigenvalue weighted by Crippen LogP contribution is -2.32. The van der Waals surface area contributed by atoms with E-state index < -0.39 is 23.4 Å². The molecule has 0 fully saturated rings. The van der Waals surface area contributed by atoms with E-state index in [9.17, 15) is 18.0 Å². The molecule has 1 heterocycles. The van der Waals surface area contributed by atoms with Gasteiger partial charge in [0.25, 0.3) is 0 Å². The Morgan fingerprint density at radius 2 is 1.67 bits per heavy atom. The fourth-order valence-corrected chi connectivity index (χ4v) is 3.64. The Bertz CT molecular complexity index is 1080. The van der Waals surface area contributed by atoms with Crippen molar-refractivity contribution in [3.63, 3.8) is 0 Å². The normalized spacial score (nSPS) is 11.8. The van der Waals surface area contributed by atoms with Gasteiger partial charge in [0, 0.05) is 11.3 Å². The number of alkyl halides is 3. The van der Waals surface area contributed by atoms with Crippen LogP contribution >= 0.6 is 11.8 Å². The zero-order chi connectivity index (χ0) is 24.1. The van der Waals surface area contributed by atoms with Crippen LogP contribution in [0, 0.1) is 0 Å². The molecule has 33 heavy (non-hydrogen) atoms. The Morgan fingerprint density at radius 3 is 2.27 bits per heavy atom. The summed E-state index contributed by atoms with van der Waals surface area (Å²) < 4.78 is 44.0. The number of alkyl carbamates (subject to hydrolysis) is 1. The van der Waals surface area contributed by atoms with Crippen LogP contribution in [0.1, 0.15) is 37.6 Å². The number of thioether (sulfide) groups is 1. The van der Waals surface area contributed by atoms with Gasteiger partial charge in [0.05, 0.1) is 23.5 Å². The summed E-state index contributed by atoms with van der Waals surface area (Å²) in [6.45, 7) is 5.37. The molecule has 0 saturated heterocycles. The minimum Gasteiger partial charge on any atom is -0.444 e. The molecule has 3 rings (SSSR count). The van der Waals surface area contributed by atoms with E-state index in [-0.39, 0.29) is 6.54 Å². The minimum absolute atomic E-state index is 0.0873. The fraction of sp³-hybridized carbons (Fsp3) is 0.292. The Balaban J connectivity index is 1.84. The number of amides is 1. The highest BCUT2D eigenvalue weighted by molar-refractivity contribution is 7.98. The lowest BCUT2D eigenvalue weighted by atomic mass is 10.1. The average molecular weight is 476 g/mol. The molecule has 2 aromatic carbocycles. The van der Waals surface area contributed by atoms with Crippen molar-refractivity contribution >= 4 is 17.9 Å². The van der Waals surface area contributed by atoms with Crippen molar-refractivity contribution in [3.8, 4) is 11.3 Å². The van der Waals surface area contributed by atoms with Crippen LogP contribution in [0.3, 0.4) is 0 Å². The van der Waals surface area contributed by atoms with Gasteiger partial charge in [-0.05, 0) is 44.5 Å². The number of halogens is 3. The number of nitrogens with one attached hydrogen (secondary N) is 1. The van der Waals surface area contributed by atoms with E-state index in [1.165, 1.54) is 23.9 Å². The first-order chi connectivity index (χ1) is 15.5. The summed E-state index contributed by atoms with van der Waals surface area (Å²) in [5, 5.41) is 3.11. The van der Waals surface area contributed by atoms with Crippen molar-refractivity contribution in [2.24, 2.45) is 0 Å². The molecule has 174 valence electrons. The third kappa shape index (κ3) is 7.78. The zero-order valence-electron chi connectivity index (χ0n) is 18.4. The molecule has 0 spiro atoms. The summed E-state index contributed by atoms with van der Waals surface area (Å²) in [7, 11) is 0. The molecule has 9 heteroatoms. The molecule has 0 saturated carbocycles. The highest BCUT2D eigenvalue weighted by Gasteiger charge is 2.30. The number of rotatable bonds is 6. The van der Waals surface area contributed by atoms with Crippen molar-refractivity contribution in [2.45, 2.75) is 50.0 Å². The molecule has 5 nitrogen and oxygen atoms in total. The van der Waals surface area contributed by atoms with Crippen molar-refractivity contribution in [2.75, 3.05) is 0 Å². The van der Waals surface area contributed by atoms with Crippen molar-refractivity contribution in [1.82, 2.24) is 15.3 Å². The Kier molecular flexibility index (Phi) is 7.63. The minimum atomic E-state index is -4.41. The predicted octanol–water partition coefficient (Wildman–Crippen LogP) is 6.48. The van der Waals surface area contributed by atoms with Gasteiger partial charge >= 0.3 is 12.3 Å². The predicted molar refractivity (Wildman–Crippen MR) is 122 cm³/mol. The maximum Gasteiger partial charge on any atom is 0.416 e. The van der Waals surface area contributed by atoms with E-state index in [4.69, 9.17) is 4.74 Å². The van der Waals surface area contributed by atoms with Crippen molar-refractivity contribution in [3.05, 3.63) is 77.5 Å². The second-order valence-electron chi connectivity index (χ2n) is 8.23. The van der Waals surface area contributed by atoms with Crippen LogP contribution in [-0.4, -0.2) is 21.7 Å². The largest absolute Gasteiger partial charge is 0.444 e. The fourth-order valence-electron chi connectivity index (χ4n) is 2.81. The molecule has 0 aliphatic carbocycles. The zero-order valence-corrected chi connectivity index (χ0v) is 19.3. The number of hydrogen-bond acceptors (Lipinski definition) is 5. The van der Waals surface area contributed by atoms with Crippen LogP contribution in [0.4, 0.5) is 18.0 Å². The van der Waals surface area contributed by atoms with Gasteiger partial charge in [-0.15, -0.1) is 0 Å². The van der Waals surface area contributed by atoms with Gasteiger partial charge in [-0.1, -0.05) is 54.2 Å². The van der Waals surface area contributed by atoms with Crippen LogP contribution in [0.5, 0.6) is 0 Å². The number of ether oxygens (including phenoxy) is 1. The van der Waals surface area contributed by atoms with Gasteiger partial charge in [-0.25, -0.2) is 14.8 Å². The summed E-state index contributed by atoms with van der Waals surface area (Å²) in [4.78, 5) is 21.1. The number of benzene rings is 2. The molecule has 0 unspecified atom stereocenters. The standard InChI is InChI=1S/C24H24F3N3O2S/c1-23(2,3)32-22(31)28-14-19-13-20(17-9-11-18(12-10-17)24(25,26)27)30-21(29-19)33-15-16-7-5-4-6-8-16/h4-13H,14-15H2,1-3H3,(H,28,31). The van der Waals surface area contributed by atoms with E-state index >= 15 is 0 Å². The average Bonchev–Trinajstić information content (AvgIpc) is 2.75. The van der Waals surface area contributed by atoms with Crippen LogP contribution in [0.2, 0.25) is 0 Å². The first-order valence-corrected chi connectivity index (χ1v) is 11.2. The molecule has 1 amide bonds. The first kappa shape index (κ1) is 24.6. The van der Waals surface area contributed by atoms with Crippen LogP contribution < -0.4 is 5.32 Å². The first-order valence-electron chi connectivity index (χ1n) is 10.2. The lowest BCUT2D eigenvalue weighted by Gasteiger charge is -2.19. The van der Waals surface area contributed by atoms with Crippen LogP contribution in [0.15, 0.2) is 65.8 Å². The van der Waals surface area contributed by atoms with E-state index in [0.29, 0.717) is 27.9 Å². The summed E-state index contributed by atoms with van der Waals surface area (Å²) in [5.41, 5.74) is 1.21. The van der Waals surface area contributed by atoms with E-state index in [1.807, 2.05) is 30.3 Å². The third-order valence-electron chi connectivity index (χ3n) is 4.29. The second kappa shape index (κ2) is 10.2. The second-order valence-corrected chi connectivity index (χ2v) is 9.17. The number of carbonyl (C=O) groups excluding carboxylic acids is 1. The van der Waals surface area contributed by atoms with Gasteiger partial charge in [0.15, 0.2) is 5.16 Å². The summed E-state index contributed by atoms with van der Waals surface area (Å²) >= 11 is 1.40. The molecule has 0 aliphatic rings. The monoisotopic (exact) mass is 475 g/mol. The molecule has 1 aromatic heterocycles. The maximum atomic E-state index is 12.9. The number of nitrogens with zero attached hydrogens (tertiary/aromatic N) is 2. The Labute approximate surface area is 194 Å². The van der Waals surface area contributed by atoms with Crippen LogP contribution in [0.25, 0.3) is 11.3 Å². The third-order valence-corrected chi connectivity index (χ3v) is 5.21. The van der Waals surface area contributed by atoms with E-state index in [0.717, 1.165) is 17.7 Å². The molecular weight excluding hydrogens is 451 g/mol. The highest BCUT2D eigenvalue weighted by Crippen LogP contribution is 2.31.